The molecule has 0 radical (unpaired) electrons. The Bertz CT molecular complexity index is 498. The standard InChI is InChI=1S/C15H23NO2/c1-14(2,3)10-16-8-7-11(9-12(16)17)13(18)15(4,5)6/h7-9H,10H2,1-6H3. The number of hydrogen-bond donors (Lipinski definition) is 0. The summed E-state index contributed by atoms with van der Waals surface area (Å²) >= 11 is 0. The van der Waals surface area contributed by atoms with Crippen molar-refractivity contribution < 1.29 is 4.79 Å². The lowest BCUT2D eigenvalue weighted by Gasteiger charge is -2.20. The number of nitrogens with zero attached hydrogens (tertiary/aromatic N) is 1. The van der Waals surface area contributed by atoms with Gasteiger partial charge in [0.2, 0.25) is 0 Å². The Hall–Kier alpha value is -1.38. The van der Waals surface area contributed by atoms with Gasteiger partial charge in [0, 0.05) is 29.8 Å². The lowest BCUT2D eigenvalue weighted by atomic mass is 9.87. The summed E-state index contributed by atoms with van der Waals surface area (Å²) in [7, 11) is 0. The Balaban J connectivity index is 3.08. The Labute approximate surface area is 109 Å². The van der Waals surface area contributed by atoms with Gasteiger partial charge < -0.3 is 4.57 Å². The van der Waals surface area contributed by atoms with Crippen LogP contribution in [0.15, 0.2) is 23.1 Å². The van der Waals surface area contributed by atoms with E-state index in [4.69, 9.17) is 0 Å². The van der Waals surface area contributed by atoms with Gasteiger partial charge in [0.1, 0.15) is 0 Å². The highest BCUT2D eigenvalue weighted by atomic mass is 16.1. The monoisotopic (exact) mass is 249 g/mol. The van der Waals surface area contributed by atoms with Crippen LogP contribution in [0.4, 0.5) is 0 Å². The fraction of sp³-hybridized carbons (Fsp3) is 0.600. The van der Waals surface area contributed by atoms with Crippen molar-refractivity contribution in [3.63, 3.8) is 0 Å². The maximum atomic E-state index is 12.1. The number of ketones is 1. The molecule has 3 nitrogen and oxygen atoms in total. The zero-order valence-corrected chi connectivity index (χ0v) is 12.2. The van der Waals surface area contributed by atoms with Crippen LogP contribution in [0.25, 0.3) is 0 Å². The molecule has 0 unspecified atom stereocenters. The number of rotatable bonds is 2. The largest absolute Gasteiger partial charge is 0.315 e. The van der Waals surface area contributed by atoms with Crippen molar-refractivity contribution in [2.24, 2.45) is 10.8 Å². The van der Waals surface area contributed by atoms with Gasteiger partial charge in [-0.25, -0.2) is 0 Å². The maximum absolute atomic E-state index is 12.1. The lowest BCUT2D eigenvalue weighted by molar-refractivity contribution is 0.0858. The average Bonchev–Trinajstić information content (AvgIpc) is 2.16. The highest BCUT2D eigenvalue weighted by molar-refractivity contribution is 5.99. The summed E-state index contributed by atoms with van der Waals surface area (Å²) in [5.74, 6) is 0.00232. The van der Waals surface area contributed by atoms with Crippen LogP contribution in [0.2, 0.25) is 0 Å². The predicted octanol–water partition coefficient (Wildman–Crippen LogP) is 3.12. The van der Waals surface area contributed by atoms with Crippen LogP contribution in [0.3, 0.4) is 0 Å². The average molecular weight is 249 g/mol. The van der Waals surface area contributed by atoms with E-state index in [0.29, 0.717) is 12.1 Å². The molecule has 3 heteroatoms. The molecule has 18 heavy (non-hydrogen) atoms. The van der Waals surface area contributed by atoms with Crippen LogP contribution in [0.1, 0.15) is 51.9 Å². The topological polar surface area (TPSA) is 39.1 Å². The van der Waals surface area contributed by atoms with E-state index in [0.717, 1.165) is 0 Å². The molecule has 1 heterocycles. The Morgan fingerprint density at radius 2 is 1.72 bits per heavy atom. The maximum Gasteiger partial charge on any atom is 0.251 e. The fourth-order valence-corrected chi connectivity index (χ4v) is 1.72. The van der Waals surface area contributed by atoms with E-state index in [1.54, 1.807) is 16.8 Å². The smallest absolute Gasteiger partial charge is 0.251 e. The molecule has 0 bridgehead atoms. The third kappa shape index (κ3) is 3.83. The molecule has 0 aromatic carbocycles. The van der Waals surface area contributed by atoms with Crippen LogP contribution in [0.5, 0.6) is 0 Å². The van der Waals surface area contributed by atoms with Gasteiger partial charge in [-0.2, -0.15) is 0 Å². The fourth-order valence-electron chi connectivity index (χ4n) is 1.72. The van der Waals surface area contributed by atoms with Gasteiger partial charge in [-0.1, -0.05) is 41.5 Å². The van der Waals surface area contributed by atoms with Crippen molar-refractivity contribution in [2.75, 3.05) is 0 Å². The lowest BCUT2D eigenvalue weighted by Crippen LogP contribution is -2.28. The molecule has 0 spiro atoms. The molecule has 1 rings (SSSR count). The highest BCUT2D eigenvalue weighted by Crippen LogP contribution is 2.20. The first-order valence-corrected chi connectivity index (χ1v) is 6.26. The summed E-state index contributed by atoms with van der Waals surface area (Å²) in [6, 6.07) is 3.18. The second kappa shape index (κ2) is 4.71. The van der Waals surface area contributed by atoms with E-state index in [1.807, 2.05) is 20.8 Å². The number of aromatic nitrogens is 1. The van der Waals surface area contributed by atoms with Gasteiger partial charge in [0.05, 0.1) is 0 Å². The molecule has 0 saturated heterocycles. The minimum Gasteiger partial charge on any atom is -0.315 e. The van der Waals surface area contributed by atoms with Crippen LogP contribution in [0, 0.1) is 10.8 Å². The summed E-state index contributed by atoms with van der Waals surface area (Å²) in [5.41, 5.74) is -0.0279. The highest BCUT2D eigenvalue weighted by Gasteiger charge is 2.23. The van der Waals surface area contributed by atoms with Gasteiger partial charge in [-0.05, 0) is 11.5 Å². The van der Waals surface area contributed by atoms with Gasteiger partial charge in [-0.15, -0.1) is 0 Å². The minimum absolute atomic E-state index is 0.00232. The molecular formula is C15H23NO2. The van der Waals surface area contributed by atoms with Crippen LogP contribution < -0.4 is 5.56 Å². The van der Waals surface area contributed by atoms with E-state index in [-0.39, 0.29) is 16.8 Å². The zero-order valence-electron chi connectivity index (χ0n) is 12.2. The van der Waals surface area contributed by atoms with E-state index < -0.39 is 5.41 Å². The molecule has 0 aliphatic rings. The first kappa shape index (κ1) is 14.7. The first-order chi connectivity index (χ1) is 8.00. The molecule has 1 aromatic heterocycles. The summed E-state index contributed by atoms with van der Waals surface area (Å²) < 4.78 is 1.65. The molecular weight excluding hydrogens is 226 g/mol. The molecule has 0 aliphatic carbocycles. The molecule has 0 saturated carbocycles. The van der Waals surface area contributed by atoms with E-state index >= 15 is 0 Å². The van der Waals surface area contributed by atoms with Gasteiger partial charge in [-0.3, -0.25) is 9.59 Å². The first-order valence-electron chi connectivity index (χ1n) is 6.26. The second-order valence-corrected chi connectivity index (χ2v) is 7.02. The minimum atomic E-state index is -0.456. The van der Waals surface area contributed by atoms with E-state index in [2.05, 4.69) is 20.8 Å². The van der Waals surface area contributed by atoms with Gasteiger partial charge in [0.15, 0.2) is 5.78 Å². The summed E-state index contributed by atoms with van der Waals surface area (Å²) in [6.07, 6.45) is 1.71. The zero-order chi connectivity index (χ0) is 14.1. The Morgan fingerprint density at radius 1 is 1.17 bits per heavy atom. The Kier molecular flexibility index (Phi) is 3.84. The number of carbonyl (C=O) groups is 1. The predicted molar refractivity (Wildman–Crippen MR) is 73.9 cm³/mol. The van der Waals surface area contributed by atoms with E-state index in [1.165, 1.54) is 6.07 Å². The number of carbonyl (C=O) groups excluding carboxylic acids is 1. The van der Waals surface area contributed by atoms with Crippen molar-refractivity contribution in [1.29, 1.82) is 0 Å². The summed E-state index contributed by atoms with van der Waals surface area (Å²) in [4.78, 5) is 24.0. The summed E-state index contributed by atoms with van der Waals surface area (Å²) in [6.45, 7) is 12.5. The SMILES string of the molecule is CC(C)(C)Cn1ccc(C(=O)C(C)(C)C)cc1=O. The van der Waals surface area contributed by atoms with Gasteiger partial charge >= 0.3 is 0 Å². The molecule has 0 atom stereocenters. The van der Waals surface area contributed by atoms with Crippen LogP contribution in [-0.2, 0) is 6.54 Å². The number of Topliss-reactive ketones (excluding diaryl/α,β-unsaturated/α-hetero) is 1. The molecule has 0 fully saturated rings. The molecule has 1 aromatic rings. The molecule has 0 N–H and O–H groups in total. The van der Waals surface area contributed by atoms with Crippen molar-refractivity contribution in [1.82, 2.24) is 4.57 Å². The molecule has 0 amide bonds. The normalized spacial score (nSPS) is 12.6. The number of hydrogen-bond acceptors (Lipinski definition) is 2. The van der Waals surface area contributed by atoms with Gasteiger partial charge in [0.25, 0.3) is 5.56 Å². The second-order valence-electron chi connectivity index (χ2n) is 7.02. The number of pyridine rings is 1. The molecule has 100 valence electrons. The van der Waals surface area contributed by atoms with Crippen LogP contribution in [-0.4, -0.2) is 10.4 Å². The van der Waals surface area contributed by atoms with Crippen molar-refractivity contribution in [2.45, 2.75) is 48.1 Å². The third-order valence-electron chi connectivity index (χ3n) is 2.58. The van der Waals surface area contributed by atoms with Crippen molar-refractivity contribution in [3.8, 4) is 0 Å². The Morgan fingerprint density at radius 3 is 2.11 bits per heavy atom. The quantitative estimate of drug-likeness (QED) is 0.755. The third-order valence-corrected chi connectivity index (χ3v) is 2.58. The summed E-state index contributed by atoms with van der Waals surface area (Å²) in [5, 5.41) is 0. The molecule has 0 aliphatic heterocycles. The van der Waals surface area contributed by atoms with Crippen molar-refractivity contribution >= 4 is 5.78 Å². The van der Waals surface area contributed by atoms with Crippen LogP contribution >= 0.6 is 0 Å². The van der Waals surface area contributed by atoms with E-state index in [9.17, 15) is 9.59 Å². The van der Waals surface area contributed by atoms with Crippen molar-refractivity contribution in [3.05, 3.63) is 34.2 Å².